The van der Waals surface area contributed by atoms with Gasteiger partial charge in [-0.05, 0) is 37.8 Å². The zero-order chi connectivity index (χ0) is 13.5. The summed E-state index contributed by atoms with van der Waals surface area (Å²) >= 11 is 0. The fourth-order valence-electron chi connectivity index (χ4n) is 2.11. The summed E-state index contributed by atoms with van der Waals surface area (Å²) in [6.07, 6.45) is 3.85. The molecule has 104 valence electrons. The van der Waals surface area contributed by atoms with Gasteiger partial charge in [-0.15, -0.1) is 0 Å². The largest absolute Gasteiger partial charge is 0.377 e. The van der Waals surface area contributed by atoms with E-state index >= 15 is 0 Å². The van der Waals surface area contributed by atoms with Crippen molar-refractivity contribution in [3.8, 4) is 0 Å². The van der Waals surface area contributed by atoms with Crippen molar-refractivity contribution in [1.29, 1.82) is 0 Å². The van der Waals surface area contributed by atoms with Crippen molar-refractivity contribution >= 4 is 15.7 Å². The van der Waals surface area contributed by atoms with Crippen LogP contribution in [0, 0.1) is 0 Å². The molecular weight excluding hydrogens is 262 g/mol. The van der Waals surface area contributed by atoms with E-state index in [1.807, 2.05) is 6.07 Å². The molecule has 0 atom stereocenters. The van der Waals surface area contributed by atoms with E-state index in [4.69, 9.17) is 5.73 Å². The lowest BCUT2D eigenvalue weighted by molar-refractivity contribution is 0.581. The first-order valence-electron chi connectivity index (χ1n) is 6.64. The molecule has 5 nitrogen and oxygen atoms in total. The van der Waals surface area contributed by atoms with Crippen LogP contribution in [0.25, 0.3) is 0 Å². The van der Waals surface area contributed by atoms with Crippen molar-refractivity contribution in [2.45, 2.75) is 42.2 Å². The predicted octanol–water partition coefficient (Wildman–Crippen LogP) is 1.03. The monoisotopic (exact) mass is 281 g/mol. The van der Waals surface area contributed by atoms with E-state index in [0.29, 0.717) is 17.1 Å². The molecule has 0 amide bonds. The van der Waals surface area contributed by atoms with Crippen LogP contribution in [0.2, 0.25) is 0 Å². The van der Waals surface area contributed by atoms with E-state index in [-0.39, 0.29) is 11.6 Å². The Hall–Kier alpha value is -1.11. The van der Waals surface area contributed by atoms with Crippen LogP contribution in [-0.4, -0.2) is 26.5 Å². The average molecular weight is 281 g/mol. The van der Waals surface area contributed by atoms with Crippen LogP contribution in [0.3, 0.4) is 0 Å². The Labute approximate surface area is 113 Å². The summed E-state index contributed by atoms with van der Waals surface area (Å²) in [6.45, 7) is 0.525. The van der Waals surface area contributed by atoms with Crippen LogP contribution < -0.4 is 15.8 Å². The van der Waals surface area contributed by atoms with E-state index in [1.54, 1.807) is 18.2 Å². The normalized spacial score (nSPS) is 21.1. The molecule has 3 rings (SSSR count). The van der Waals surface area contributed by atoms with Gasteiger partial charge < -0.3 is 11.1 Å². The Morgan fingerprint density at radius 2 is 1.95 bits per heavy atom. The standard InChI is InChI=1S/C13H19N3O2S/c14-9-13(7-8-13)15-11-3-1-2-4-12(11)19(17,18)16-10-5-6-10/h1-4,10,15-16H,5-9,14H2. The zero-order valence-electron chi connectivity index (χ0n) is 10.7. The SMILES string of the molecule is NCC1(Nc2ccccc2S(=O)(=O)NC2CC2)CC1. The van der Waals surface area contributed by atoms with E-state index in [2.05, 4.69) is 10.0 Å². The topological polar surface area (TPSA) is 84.2 Å². The summed E-state index contributed by atoms with van der Waals surface area (Å²) in [5.74, 6) is 0. The molecule has 19 heavy (non-hydrogen) atoms. The van der Waals surface area contributed by atoms with Crippen LogP contribution in [0.1, 0.15) is 25.7 Å². The number of benzene rings is 1. The summed E-state index contributed by atoms with van der Waals surface area (Å²) in [4.78, 5) is 0.321. The summed E-state index contributed by atoms with van der Waals surface area (Å²) in [7, 11) is -3.43. The van der Waals surface area contributed by atoms with Gasteiger partial charge in [-0.1, -0.05) is 12.1 Å². The summed E-state index contributed by atoms with van der Waals surface area (Å²) < 4.78 is 27.3. The Balaban J connectivity index is 1.88. The number of nitrogens with one attached hydrogen (secondary N) is 2. The minimum Gasteiger partial charge on any atom is -0.377 e. The fraction of sp³-hybridized carbons (Fsp3) is 0.538. The highest BCUT2D eigenvalue weighted by Gasteiger charge is 2.42. The molecule has 0 radical (unpaired) electrons. The van der Waals surface area contributed by atoms with Gasteiger partial charge in [0.15, 0.2) is 0 Å². The van der Waals surface area contributed by atoms with Gasteiger partial charge in [-0.3, -0.25) is 0 Å². The van der Waals surface area contributed by atoms with Crippen LogP contribution >= 0.6 is 0 Å². The molecule has 4 N–H and O–H groups in total. The van der Waals surface area contributed by atoms with E-state index in [1.165, 1.54) is 0 Å². The van der Waals surface area contributed by atoms with Crippen LogP contribution in [0.15, 0.2) is 29.2 Å². The van der Waals surface area contributed by atoms with Gasteiger partial charge in [0.25, 0.3) is 0 Å². The number of hydrogen-bond acceptors (Lipinski definition) is 4. The van der Waals surface area contributed by atoms with Crippen molar-refractivity contribution < 1.29 is 8.42 Å². The summed E-state index contributed by atoms with van der Waals surface area (Å²) in [5.41, 5.74) is 6.28. The molecule has 2 aliphatic carbocycles. The minimum absolute atomic E-state index is 0.106. The molecule has 2 saturated carbocycles. The third-order valence-corrected chi connectivity index (χ3v) is 5.30. The second-order valence-corrected chi connectivity index (χ2v) is 7.18. The maximum absolute atomic E-state index is 12.3. The first kappa shape index (κ1) is 12.9. The quantitative estimate of drug-likeness (QED) is 0.727. The molecule has 0 heterocycles. The van der Waals surface area contributed by atoms with Crippen LogP contribution in [0.5, 0.6) is 0 Å². The Kier molecular flexibility index (Phi) is 3.03. The van der Waals surface area contributed by atoms with Crippen LogP contribution in [-0.2, 0) is 10.0 Å². The molecule has 0 spiro atoms. The molecule has 2 aliphatic rings. The molecule has 0 aromatic heterocycles. The predicted molar refractivity (Wildman–Crippen MR) is 74.4 cm³/mol. The highest BCUT2D eigenvalue weighted by Crippen LogP contribution is 2.39. The van der Waals surface area contributed by atoms with Crippen molar-refractivity contribution in [2.75, 3.05) is 11.9 Å². The maximum Gasteiger partial charge on any atom is 0.242 e. The highest BCUT2D eigenvalue weighted by molar-refractivity contribution is 7.89. The molecule has 0 saturated heterocycles. The van der Waals surface area contributed by atoms with Gasteiger partial charge in [0.1, 0.15) is 4.90 Å². The zero-order valence-corrected chi connectivity index (χ0v) is 11.5. The Morgan fingerprint density at radius 3 is 2.53 bits per heavy atom. The third-order valence-electron chi connectivity index (χ3n) is 3.72. The number of anilines is 1. The van der Waals surface area contributed by atoms with Gasteiger partial charge >= 0.3 is 0 Å². The van der Waals surface area contributed by atoms with Crippen molar-refractivity contribution in [2.24, 2.45) is 5.73 Å². The first-order valence-corrected chi connectivity index (χ1v) is 8.13. The lowest BCUT2D eigenvalue weighted by Gasteiger charge is -2.19. The van der Waals surface area contributed by atoms with Gasteiger partial charge in [0.2, 0.25) is 10.0 Å². The molecule has 1 aromatic rings. The highest BCUT2D eigenvalue weighted by atomic mass is 32.2. The molecule has 0 bridgehead atoms. The molecule has 2 fully saturated rings. The third kappa shape index (κ3) is 2.75. The maximum atomic E-state index is 12.3. The van der Waals surface area contributed by atoms with E-state index in [0.717, 1.165) is 25.7 Å². The van der Waals surface area contributed by atoms with Gasteiger partial charge in [-0.25, -0.2) is 13.1 Å². The lowest BCUT2D eigenvalue weighted by Crippen LogP contribution is -2.33. The van der Waals surface area contributed by atoms with Crippen molar-refractivity contribution in [3.63, 3.8) is 0 Å². The first-order chi connectivity index (χ1) is 9.05. The van der Waals surface area contributed by atoms with Crippen LogP contribution in [0.4, 0.5) is 5.69 Å². The minimum atomic E-state index is -3.43. The molecule has 1 aromatic carbocycles. The smallest absolute Gasteiger partial charge is 0.242 e. The summed E-state index contributed by atoms with van der Waals surface area (Å²) in [6, 6.07) is 7.14. The number of rotatable bonds is 6. The number of nitrogens with two attached hydrogens (primary N) is 1. The van der Waals surface area contributed by atoms with E-state index < -0.39 is 10.0 Å². The fourth-order valence-corrected chi connectivity index (χ4v) is 3.57. The number of hydrogen-bond donors (Lipinski definition) is 3. The summed E-state index contributed by atoms with van der Waals surface area (Å²) in [5, 5.41) is 3.30. The van der Waals surface area contributed by atoms with Gasteiger partial charge in [0, 0.05) is 18.1 Å². The number of para-hydroxylation sites is 1. The van der Waals surface area contributed by atoms with Gasteiger partial charge in [-0.2, -0.15) is 0 Å². The lowest BCUT2D eigenvalue weighted by atomic mass is 10.2. The van der Waals surface area contributed by atoms with Gasteiger partial charge in [0.05, 0.1) is 5.69 Å². The molecule has 0 unspecified atom stereocenters. The molecular formula is C13H19N3O2S. The second-order valence-electron chi connectivity index (χ2n) is 5.50. The Bertz CT molecular complexity index is 577. The van der Waals surface area contributed by atoms with Crippen molar-refractivity contribution in [1.82, 2.24) is 4.72 Å². The molecule has 6 heteroatoms. The Morgan fingerprint density at radius 1 is 1.26 bits per heavy atom. The molecule has 0 aliphatic heterocycles. The van der Waals surface area contributed by atoms with E-state index in [9.17, 15) is 8.42 Å². The number of sulfonamides is 1. The van der Waals surface area contributed by atoms with Crippen molar-refractivity contribution in [3.05, 3.63) is 24.3 Å². The second kappa shape index (κ2) is 4.47. The average Bonchev–Trinajstić information content (AvgIpc) is 3.27.